The van der Waals surface area contributed by atoms with Crippen LogP contribution < -0.4 is 10.1 Å². The Labute approximate surface area is 165 Å². The van der Waals surface area contributed by atoms with Gasteiger partial charge in [0.2, 0.25) is 5.91 Å². The van der Waals surface area contributed by atoms with Gasteiger partial charge in [-0.3, -0.25) is 9.59 Å². The van der Waals surface area contributed by atoms with Crippen LogP contribution in [0.15, 0.2) is 48.5 Å². The van der Waals surface area contributed by atoms with Gasteiger partial charge in [-0.1, -0.05) is 32.0 Å². The summed E-state index contributed by atoms with van der Waals surface area (Å²) in [5.74, 6) is -0.393. The van der Waals surface area contributed by atoms with Gasteiger partial charge in [-0.25, -0.2) is 4.39 Å². The van der Waals surface area contributed by atoms with Crippen molar-refractivity contribution < 1.29 is 18.7 Å². The molecule has 0 aliphatic rings. The zero-order chi connectivity index (χ0) is 20.7. The van der Waals surface area contributed by atoms with E-state index in [-0.39, 0.29) is 11.8 Å². The number of para-hydroxylation sites is 1. The fraction of sp³-hybridized carbons (Fsp3) is 0.364. The number of halogens is 1. The van der Waals surface area contributed by atoms with Crippen molar-refractivity contribution in [1.82, 2.24) is 10.2 Å². The number of benzene rings is 2. The molecular formula is C22H27FN2O3. The molecule has 0 aliphatic heterocycles. The largest absolute Gasteiger partial charge is 0.494 e. The van der Waals surface area contributed by atoms with Crippen molar-refractivity contribution in [1.29, 1.82) is 0 Å². The number of hydrogen-bond donors (Lipinski definition) is 1. The SMILES string of the molecule is CCOc1ccccc1CN(C)C(=O)C(NC(=O)c1ccc(F)cc1)C(C)C. The Morgan fingerprint density at radius 3 is 2.36 bits per heavy atom. The van der Waals surface area contributed by atoms with Crippen molar-refractivity contribution in [3.63, 3.8) is 0 Å². The van der Waals surface area contributed by atoms with Gasteiger partial charge in [0.05, 0.1) is 6.61 Å². The van der Waals surface area contributed by atoms with Gasteiger partial charge in [0.1, 0.15) is 17.6 Å². The number of ether oxygens (including phenoxy) is 1. The van der Waals surface area contributed by atoms with E-state index in [0.717, 1.165) is 11.3 Å². The molecule has 0 radical (unpaired) electrons. The van der Waals surface area contributed by atoms with E-state index in [0.29, 0.717) is 18.7 Å². The van der Waals surface area contributed by atoms with Gasteiger partial charge >= 0.3 is 0 Å². The summed E-state index contributed by atoms with van der Waals surface area (Å²) in [5, 5.41) is 2.77. The molecule has 0 saturated heterocycles. The number of carbonyl (C=O) groups excluding carboxylic acids is 2. The fourth-order valence-electron chi connectivity index (χ4n) is 2.84. The van der Waals surface area contributed by atoms with Gasteiger partial charge < -0.3 is 15.0 Å². The van der Waals surface area contributed by atoms with Gasteiger partial charge in [-0.2, -0.15) is 0 Å². The van der Waals surface area contributed by atoms with Gasteiger partial charge in [0.15, 0.2) is 0 Å². The van der Waals surface area contributed by atoms with Crippen LogP contribution >= 0.6 is 0 Å². The number of likely N-dealkylation sites (N-methyl/N-ethyl adjacent to an activating group) is 1. The monoisotopic (exact) mass is 386 g/mol. The number of hydrogen-bond acceptors (Lipinski definition) is 3. The predicted molar refractivity (Wildman–Crippen MR) is 107 cm³/mol. The van der Waals surface area contributed by atoms with Gasteiger partial charge in [-0.15, -0.1) is 0 Å². The van der Waals surface area contributed by atoms with Crippen molar-refractivity contribution in [2.24, 2.45) is 5.92 Å². The van der Waals surface area contributed by atoms with Crippen LogP contribution in [0.3, 0.4) is 0 Å². The van der Waals surface area contributed by atoms with Crippen LogP contribution in [0, 0.1) is 11.7 Å². The molecule has 0 saturated carbocycles. The Kier molecular flexibility index (Phi) is 7.55. The molecule has 0 aromatic heterocycles. The first-order valence-corrected chi connectivity index (χ1v) is 9.35. The molecule has 0 spiro atoms. The van der Waals surface area contributed by atoms with E-state index in [1.54, 1.807) is 11.9 Å². The second-order valence-corrected chi connectivity index (χ2v) is 6.94. The number of nitrogens with zero attached hydrogens (tertiary/aromatic N) is 1. The minimum atomic E-state index is -0.693. The van der Waals surface area contributed by atoms with E-state index < -0.39 is 17.8 Å². The average molecular weight is 386 g/mol. The highest BCUT2D eigenvalue weighted by molar-refractivity contribution is 5.97. The highest BCUT2D eigenvalue weighted by Gasteiger charge is 2.27. The lowest BCUT2D eigenvalue weighted by Crippen LogP contribution is -2.50. The summed E-state index contributed by atoms with van der Waals surface area (Å²) >= 11 is 0. The Bertz CT molecular complexity index is 806. The molecule has 0 bridgehead atoms. The topological polar surface area (TPSA) is 58.6 Å². The molecule has 2 amide bonds. The van der Waals surface area contributed by atoms with Gasteiger partial charge in [0, 0.05) is 24.7 Å². The van der Waals surface area contributed by atoms with Gasteiger partial charge in [0.25, 0.3) is 5.91 Å². The molecular weight excluding hydrogens is 359 g/mol. The van der Waals surface area contributed by atoms with Crippen molar-refractivity contribution in [3.8, 4) is 5.75 Å². The lowest BCUT2D eigenvalue weighted by molar-refractivity contribution is -0.133. The molecule has 0 heterocycles. The highest BCUT2D eigenvalue weighted by Crippen LogP contribution is 2.20. The third-order valence-electron chi connectivity index (χ3n) is 4.38. The van der Waals surface area contributed by atoms with Crippen LogP contribution in [0.5, 0.6) is 5.75 Å². The Hall–Kier alpha value is -2.89. The maximum Gasteiger partial charge on any atom is 0.251 e. The molecule has 1 unspecified atom stereocenters. The molecule has 1 N–H and O–H groups in total. The number of amides is 2. The second kappa shape index (κ2) is 9.88. The van der Waals surface area contributed by atoms with Crippen molar-refractivity contribution in [2.75, 3.05) is 13.7 Å². The number of rotatable bonds is 8. The third-order valence-corrected chi connectivity index (χ3v) is 4.38. The zero-order valence-corrected chi connectivity index (χ0v) is 16.7. The maximum absolute atomic E-state index is 13.1. The quantitative estimate of drug-likeness (QED) is 0.754. The molecule has 2 rings (SSSR count). The molecule has 5 nitrogen and oxygen atoms in total. The van der Waals surface area contributed by atoms with Crippen molar-refractivity contribution in [3.05, 3.63) is 65.5 Å². The van der Waals surface area contributed by atoms with E-state index >= 15 is 0 Å². The van der Waals surface area contributed by atoms with E-state index in [4.69, 9.17) is 4.74 Å². The molecule has 2 aromatic carbocycles. The number of nitrogens with one attached hydrogen (secondary N) is 1. The minimum Gasteiger partial charge on any atom is -0.494 e. The molecule has 150 valence electrons. The molecule has 6 heteroatoms. The summed E-state index contributed by atoms with van der Waals surface area (Å²) in [6.07, 6.45) is 0. The summed E-state index contributed by atoms with van der Waals surface area (Å²) in [4.78, 5) is 27.0. The average Bonchev–Trinajstić information content (AvgIpc) is 2.67. The Balaban J connectivity index is 2.11. The van der Waals surface area contributed by atoms with Crippen LogP contribution in [0.1, 0.15) is 36.7 Å². The molecule has 0 fully saturated rings. The van der Waals surface area contributed by atoms with Crippen LogP contribution in [0.4, 0.5) is 4.39 Å². The summed E-state index contributed by atoms with van der Waals surface area (Å²) in [7, 11) is 1.70. The first kappa shape index (κ1) is 21.4. The fourth-order valence-corrected chi connectivity index (χ4v) is 2.84. The summed E-state index contributed by atoms with van der Waals surface area (Å²) < 4.78 is 18.7. The number of carbonyl (C=O) groups is 2. The first-order valence-electron chi connectivity index (χ1n) is 9.35. The summed E-state index contributed by atoms with van der Waals surface area (Å²) in [6, 6.07) is 12.1. The lowest BCUT2D eigenvalue weighted by Gasteiger charge is -2.27. The van der Waals surface area contributed by atoms with Gasteiger partial charge in [-0.05, 0) is 43.2 Å². The van der Waals surface area contributed by atoms with E-state index in [1.165, 1.54) is 24.3 Å². The minimum absolute atomic E-state index is 0.110. The van der Waals surface area contributed by atoms with E-state index in [2.05, 4.69) is 5.32 Å². The molecule has 2 aromatic rings. The summed E-state index contributed by atoms with van der Waals surface area (Å²) in [5.41, 5.74) is 1.21. The van der Waals surface area contributed by atoms with Crippen molar-refractivity contribution >= 4 is 11.8 Å². The lowest BCUT2D eigenvalue weighted by atomic mass is 10.0. The van der Waals surface area contributed by atoms with E-state index in [9.17, 15) is 14.0 Å². The first-order chi connectivity index (χ1) is 13.3. The third kappa shape index (κ3) is 5.55. The molecule has 0 aliphatic carbocycles. The van der Waals surface area contributed by atoms with Crippen LogP contribution in [-0.4, -0.2) is 36.4 Å². The standard InChI is InChI=1S/C22H27FN2O3/c1-5-28-19-9-7-6-8-17(19)14-25(4)22(27)20(15(2)3)24-21(26)16-10-12-18(23)13-11-16/h6-13,15,20H,5,14H2,1-4H3,(H,24,26). The second-order valence-electron chi connectivity index (χ2n) is 6.94. The van der Waals surface area contributed by atoms with Crippen LogP contribution in [0.25, 0.3) is 0 Å². The van der Waals surface area contributed by atoms with Crippen molar-refractivity contribution in [2.45, 2.75) is 33.4 Å². The Morgan fingerprint density at radius 1 is 1.11 bits per heavy atom. The molecule has 28 heavy (non-hydrogen) atoms. The zero-order valence-electron chi connectivity index (χ0n) is 16.7. The smallest absolute Gasteiger partial charge is 0.251 e. The maximum atomic E-state index is 13.1. The Morgan fingerprint density at radius 2 is 1.75 bits per heavy atom. The predicted octanol–water partition coefficient (Wildman–Crippen LogP) is 3.64. The summed E-state index contributed by atoms with van der Waals surface area (Å²) in [6.45, 7) is 6.55. The van der Waals surface area contributed by atoms with Crippen LogP contribution in [-0.2, 0) is 11.3 Å². The van der Waals surface area contributed by atoms with E-state index in [1.807, 2.05) is 45.0 Å². The van der Waals surface area contributed by atoms with Crippen LogP contribution in [0.2, 0.25) is 0 Å². The normalized spacial score (nSPS) is 11.8. The highest BCUT2D eigenvalue weighted by atomic mass is 19.1. The molecule has 1 atom stereocenters.